The van der Waals surface area contributed by atoms with Gasteiger partial charge in [-0.2, -0.15) is 0 Å². The Labute approximate surface area is 74.5 Å². The van der Waals surface area contributed by atoms with Gasteiger partial charge in [-0.15, -0.1) is 0 Å². The minimum absolute atomic E-state index is 0.0932. The third-order valence-corrected chi connectivity index (χ3v) is 3.72. The van der Waals surface area contributed by atoms with Gasteiger partial charge >= 0.3 is 0 Å². The van der Waals surface area contributed by atoms with E-state index in [1.807, 2.05) is 0 Å². The zero-order valence-corrected chi connectivity index (χ0v) is 7.88. The van der Waals surface area contributed by atoms with Crippen LogP contribution >= 0.6 is 0 Å². The Morgan fingerprint density at radius 3 is 2.92 bits per heavy atom. The molecule has 2 saturated carbocycles. The van der Waals surface area contributed by atoms with Crippen LogP contribution in [0.1, 0.15) is 32.6 Å². The molecule has 0 heterocycles. The van der Waals surface area contributed by atoms with Crippen molar-refractivity contribution in [3.05, 3.63) is 0 Å². The summed E-state index contributed by atoms with van der Waals surface area (Å²) in [5.74, 6) is 1.74. The quantitative estimate of drug-likeness (QED) is 0.695. The number of ether oxygens (including phenoxy) is 1. The van der Waals surface area contributed by atoms with Crippen molar-refractivity contribution in [2.45, 2.75) is 38.2 Å². The average Bonchev–Trinajstić information content (AvgIpc) is 2.44. The van der Waals surface area contributed by atoms with Crippen LogP contribution in [0.4, 0.5) is 0 Å². The molecule has 70 valence electrons. The minimum Gasteiger partial charge on any atom is -0.374 e. The summed E-state index contributed by atoms with van der Waals surface area (Å²) in [6.45, 7) is 3.61. The SMILES string of the molecule is CCOC1(CN)C[C@H]2CCC[C@H]21. The summed E-state index contributed by atoms with van der Waals surface area (Å²) in [5, 5.41) is 0. The lowest BCUT2D eigenvalue weighted by molar-refractivity contribution is -0.159. The van der Waals surface area contributed by atoms with Gasteiger partial charge in [-0.25, -0.2) is 0 Å². The first kappa shape index (κ1) is 8.52. The highest BCUT2D eigenvalue weighted by Gasteiger charge is 2.55. The Hall–Kier alpha value is -0.0800. The van der Waals surface area contributed by atoms with Crippen molar-refractivity contribution in [3.63, 3.8) is 0 Å². The summed E-state index contributed by atoms with van der Waals surface area (Å²) in [7, 11) is 0. The predicted octanol–water partition coefficient (Wildman–Crippen LogP) is 1.54. The van der Waals surface area contributed by atoms with E-state index in [0.717, 1.165) is 25.0 Å². The highest BCUT2D eigenvalue weighted by molar-refractivity contribution is 5.06. The van der Waals surface area contributed by atoms with Crippen LogP contribution in [0.2, 0.25) is 0 Å². The molecule has 2 rings (SSSR count). The summed E-state index contributed by atoms with van der Waals surface area (Å²) in [6, 6.07) is 0. The van der Waals surface area contributed by atoms with Crippen molar-refractivity contribution < 1.29 is 4.74 Å². The van der Waals surface area contributed by atoms with Crippen molar-refractivity contribution in [1.82, 2.24) is 0 Å². The van der Waals surface area contributed by atoms with E-state index in [1.54, 1.807) is 0 Å². The second-order valence-corrected chi connectivity index (χ2v) is 4.20. The standard InChI is InChI=1S/C10H19NO/c1-2-12-10(7-11)6-8-4-3-5-9(8)10/h8-9H,2-7,11H2,1H3/t8-,9-,10?/m1/s1. The van der Waals surface area contributed by atoms with Crippen molar-refractivity contribution in [1.29, 1.82) is 0 Å². The second kappa shape index (κ2) is 3.00. The van der Waals surface area contributed by atoms with Gasteiger partial charge in [0.1, 0.15) is 0 Å². The maximum Gasteiger partial charge on any atom is 0.0837 e. The number of rotatable bonds is 3. The Morgan fingerprint density at radius 2 is 2.33 bits per heavy atom. The molecular weight excluding hydrogens is 150 g/mol. The maximum absolute atomic E-state index is 5.80. The van der Waals surface area contributed by atoms with Gasteiger partial charge in [-0.1, -0.05) is 6.42 Å². The van der Waals surface area contributed by atoms with Crippen LogP contribution < -0.4 is 5.73 Å². The van der Waals surface area contributed by atoms with Crippen LogP contribution in [0.15, 0.2) is 0 Å². The van der Waals surface area contributed by atoms with E-state index in [1.165, 1.54) is 25.7 Å². The van der Waals surface area contributed by atoms with Gasteiger partial charge in [0.25, 0.3) is 0 Å². The molecule has 0 aromatic carbocycles. The molecule has 0 aromatic heterocycles. The van der Waals surface area contributed by atoms with Crippen LogP contribution in [0.25, 0.3) is 0 Å². The Morgan fingerprint density at radius 1 is 1.50 bits per heavy atom. The van der Waals surface area contributed by atoms with E-state index >= 15 is 0 Å². The summed E-state index contributed by atoms with van der Waals surface area (Å²) in [5.41, 5.74) is 5.88. The fourth-order valence-electron chi connectivity index (χ4n) is 3.16. The number of hydrogen-bond donors (Lipinski definition) is 1. The highest BCUT2D eigenvalue weighted by Crippen LogP contribution is 2.54. The normalized spacial score (nSPS) is 45.5. The highest BCUT2D eigenvalue weighted by atomic mass is 16.5. The second-order valence-electron chi connectivity index (χ2n) is 4.20. The van der Waals surface area contributed by atoms with Crippen LogP contribution in [-0.4, -0.2) is 18.8 Å². The van der Waals surface area contributed by atoms with Crippen LogP contribution in [0, 0.1) is 11.8 Å². The molecule has 2 aliphatic rings. The first-order chi connectivity index (χ1) is 5.82. The number of hydrogen-bond acceptors (Lipinski definition) is 2. The predicted molar refractivity (Wildman–Crippen MR) is 48.9 cm³/mol. The lowest BCUT2D eigenvalue weighted by Gasteiger charge is -2.51. The maximum atomic E-state index is 5.80. The molecule has 0 amide bonds. The Kier molecular flexibility index (Phi) is 2.13. The molecule has 12 heavy (non-hydrogen) atoms. The summed E-state index contributed by atoms with van der Waals surface area (Å²) < 4.78 is 5.80. The molecule has 0 aromatic rings. The first-order valence-corrected chi connectivity index (χ1v) is 5.16. The van der Waals surface area contributed by atoms with Gasteiger partial charge in [0.05, 0.1) is 5.60 Å². The smallest absolute Gasteiger partial charge is 0.0837 e. The molecular formula is C10H19NO. The summed E-state index contributed by atoms with van der Waals surface area (Å²) in [6.07, 6.45) is 5.38. The van der Waals surface area contributed by atoms with Crippen molar-refractivity contribution in [2.24, 2.45) is 17.6 Å². The zero-order chi connectivity index (χ0) is 8.60. The summed E-state index contributed by atoms with van der Waals surface area (Å²) in [4.78, 5) is 0. The summed E-state index contributed by atoms with van der Waals surface area (Å²) >= 11 is 0. The van der Waals surface area contributed by atoms with Crippen LogP contribution in [0.5, 0.6) is 0 Å². The zero-order valence-electron chi connectivity index (χ0n) is 7.88. The van der Waals surface area contributed by atoms with Crippen molar-refractivity contribution in [2.75, 3.05) is 13.2 Å². The fraction of sp³-hybridized carbons (Fsp3) is 1.00. The molecule has 2 heteroatoms. The van der Waals surface area contributed by atoms with E-state index in [2.05, 4.69) is 6.92 Å². The minimum atomic E-state index is 0.0932. The topological polar surface area (TPSA) is 35.2 Å². The molecule has 2 aliphatic carbocycles. The van der Waals surface area contributed by atoms with Gasteiger partial charge in [0.15, 0.2) is 0 Å². The Bertz CT molecular complexity index is 171. The van der Waals surface area contributed by atoms with Gasteiger partial charge in [0, 0.05) is 13.2 Å². The van der Waals surface area contributed by atoms with Gasteiger partial charge in [-0.05, 0) is 38.0 Å². The molecule has 2 fully saturated rings. The van der Waals surface area contributed by atoms with Gasteiger partial charge in [0.2, 0.25) is 0 Å². The monoisotopic (exact) mass is 169 g/mol. The van der Waals surface area contributed by atoms with E-state index in [4.69, 9.17) is 10.5 Å². The van der Waals surface area contributed by atoms with Crippen LogP contribution in [-0.2, 0) is 4.74 Å². The molecule has 2 N–H and O–H groups in total. The van der Waals surface area contributed by atoms with Gasteiger partial charge in [-0.3, -0.25) is 0 Å². The molecule has 0 saturated heterocycles. The Balaban J connectivity index is 2.01. The molecule has 0 aliphatic heterocycles. The van der Waals surface area contributed by atoms with Crippen molar-refractivity contribution in [3.8, 4) is 0 Å². The van der Waals surface area contributed by atoms with E-state index < -0.39 is 0 Å². The molecule has 2 nitrogen and oxygen atoms in total. The van der Waals surface area contributed by atoms with E-state index in [-0.39, 0.29) is 5.60 Å². The van der Waals surface area contributed by atoms with E-state index in [9.17, 15) is 0 Å². The third-order valence-electron chi connectivity index (χ3n) is 3.72. The number of nitrogens with two attached hydrogens (primary N) is 1. The first-order valence-electron chi connectivity index (χ1n) is 5.16. The molecule has 0 radical (unpaired) electrons. The molecule has 1 unspecified atom stereocenters. The number of fused-ring (bicyclic) bond motifs is 1. The lowest BCUT2D eigenvalue weighted by Crippen LogP contribution is -2.58. The largest absolute Gasteiger partial charge is 0.374 e. The average molecular weight is 169 g/mol. The lowest BCUT2D eigenvalue weighted by atomic mass is 9.63. The third kappa shape index (κ3) is 1.01. The van der Waals surface area contributed by atoms with Crippen molar-refractivity contribution >= 4 is 0 Å². The molecule has 0 spiro atoms. The molecule has 3 atom stereocenters. The van der Waals surface area contributed by atoms with Gasteiger partial charge < -0.3 is 10.5 Å². The van der Waals surface area contributed by atoms with E-state index in [0.29, 0.717) is 0 Å². The molecule has 0 bridgehead atoms. The fourth-order valence-corrected chi connectivity index (χ4v) is 3.16. The van der Waals surface area contributed by atoms with Crippen LogP contribution in [0.3, 0.4) is 0 Å².